The van der Waals surface area contributed by atoms with E-state index in [0.29, 0.717) is 29.1 Å². The summed E-state index contributed by atoms with van der Waals surface area (Å²) in [7, 11) is 0. The summed E-state index contributed by atoms with van der Waals surface area (Å²) in [6.45, 7) is 0. The van der Waals surface area contributed by atoms with Crippen LogP contribution in [-0.2, 0) is 11.3 Å². The maximum absolute atomic E-state index is 12.4. The molecule has 0 aliphatic rings. The lowest BCUT2D eigenvalue weighted by Gasteiger charge is -2.13. The first-order chi connectivity index (χ1) is 16.2. The van der Waals surface area contributed by atoms with Gasteiger partial charge in [0.15, 0.2) is 5.75 Å². The van der Waals surface area contributed by atoms with Crippen molar-refractivity contribution in [2.24, 2.45) is 0 Å². The summed E-state index contributed by atoms with van der Waals surface area (Å²) < 4.78 is 0. The van der Waals surface area contributed by atoms with Crippen LogP contribution in [0.4, 0.5) is 16.2 Å². The highest BCUT2D eigenvalue weighted by Gasteiger charge is 2.13. The minimum absolute atomic E-state index is 0.365. The molecule has 0 aliphatic heterocycles. The smallest absolute Gasteiger partial charge is 0.308 e. The molecule has 0 atom stereocenters. The van der Waals surface area contributed by atoms with Crippen molar-refractivity contribution < 1.29 is 19.4 Å². The van der Waals surface area contributed by atoms with Gasteiger partial charge in [0.25, 0.3) is 0 Å². The van der Waals surface area contributed by atoms with Crippen molar-refractivity contribution >= 4 is 23.4 Å². The van der Waals surface area contributed by atoms with Gasteiger partial charge in [0.05, 0.1) is 5.56 Å². The number of amides is 2. The van der Waals surface area contributed by atoms with Crippen molar-refractivity contribution in [2.75, 3.05) is 10.6 Å². The SMILES string of the molecule is O=C(Nc1ccccc1)Nc1ccc(OOC(=O)c2ccccc2)c(Cc2ccccc2)c1. The fourth-order valence-corrected chi connectivity index (χ4v) is 3.21. The van der Waals surface area contributed by atoms with Crippen molar-refractivity contribution in [2.45, 2.75) is 6.42 Å². The molecule has 2 N–H and O–H groups in total. The van der Waals surface area contributed by atoms with Crippen LogP contribution in [0.1, 0.15) is 21.5 Å². The fraction of sp³-hybridized carbons (Fsp3) is 0.0370. The van der Waals surface area contributed by atoms with Crippen LogP contribution in [0.2, 0.25) is 0 Å². The van der Waals surface area contributed by atoms with Crippen molar-refractivity contribution in [3.8, 4) is 5.75 Å². The van der Waals surface area contributed by atoms with Crippen molar-refractivity contribution in [3.63, 3.8) is 0 Å². The summed E-state index contributed by atoms with van der Waals surface area (Å²) in [5.74, 6) is -0.206. The van der Waals surface area contributed by atoms with Gasteiger partial charge in [0, 0.05) is 23.4 Å². The summed E-state index contributed by atoms with van der Waals surface area (Å²) in [6, 6.07) is 32.4. The normalized spacial score (nSPS) is 10.2. The van der Waals surface area contributed by atoms with Gasteiger partial charge in [-0.25, -0.2) is 14.5 Å². The maximum Gasteiger partial charge on any atom is 0.386 e. The van der Waals surface area contributed by atoms with E-state index in [-0.39, 0.29) is 6.03 Å². The number of urea groups is 1. The van der Waals surface area contributed by atoms with Crippen LogP contribution < -0.4 is 15.5 Å². The molecule has 0 aliphatic carbocycles. The molecule has 0 saturated carbocycles. The average Bonchev–Trinajstić information content (AvgIpc) is 2.85. The molecule has 0 fully saturated rings. The Labute approximate surface area is 191 Å². The zero-order valence-electron chi connectivity index (χ0n) is 17.7. The van der Waals surface area contributed by atoms with E-state index in [9.17, 15) is 9.59 Å². The zero-order chi connectivity index (χ0) is 22.9. The fourth-order valence-electron chi connectivity index (χ4n) is 3.21. The first-order valence-electron chi connectivity index (χ1n) is 10.4. The van der Waals surface area contributed by atoms with Gasteiger partial charge in [-0.1, -0.05) is 66.7 Å². The molecule has 33 heavy (non-hydrogen) atoms. The molecule has 0 saturated heterocycles. The summed E-state index contributed by atoms with van der Waals surface area (Å²) in [5.41, 5.74) is 3.45. The predicted octanol–water partition coefficient (Wildman–Crippen LogP) is 6.07. The summed E-state index contributed by atoms with van der Waals surface area (Å²) in [4.78, 5) is 35.1. The Morgan fingerprint density at radius 3 is 1.97 bits per heavy atom. The van der Waals surface area contributed by atoms with Gasteiger partial charge in [-0.3, -0.25) is 4.89 Å². The Bertz CT molecular complexity index is 1210. The van der Waals surface area contributed by atoms with E-state index < -0.39 is 5.97 Å². The van der Waals surface area contributed by atoms with Gasteiger partial charge in [0.1, 0.15) is 0 Å². The number of carbonyl (C=O) groups excluding carboxylic acids is 2. The van der Waals surface area contributed by atoms with Crippen LogP contribution in [0, 0.1) is 0 Å². The van der Waals surface area contributed by atoms with Gasteiger partial charge in [-0.2, -0.15) is 0 Å². The molecule has 0 spiro atoms. The Balaban J connectivity index is 1.50. The third-order valence-corrected chi connectivity index (χ3v) is 4.80. The van der Waals surface area contributed by atoms with Gasteiger partial charge in [-0.15, -0.1) is 0 Å². The topological polar surface area (TPSA) is 76.7 Å². The highest BCUT2D eigenvalue weighted by molar-refractivity contribution is 5.99. The van der Waals surface area contributed by atoms with Crippen LogP contribution in [0.15, 0.2) is 109 Å². The number of rotatable bonds is 7. The third kappa shape index (κ3) is 6.21. The largest absolute Gasteiger partial charge is 0.386 e. The summed E-state index contributed by atoms with van der Waals surface area (Å²) in [5, 5.41) is 5.60. The minimum Gasteiger partial charge on any atom is -0.308 e. The average molecular weight is 438 g/mol. The highest BCUT2D eigenvalue weighted by Crippen LogP contribution is 2.26. The lowest BCUT2D eigenvalue weighted by molar-refractivity contribution is -0.150. The molecule has 0 bridgehead atoms. The van der Waals surface area contributed by atoms with E-state index in [1.807, 2.05) is 54.6 Å². The number of para-hydroxylation sites is 1. The molecule has 4 aromatic rings. The third-order valence-electron chi connectivity index (χ3n) is 4.80. The van der Waals surface area contributed by atoms with E-state index in [1.165, 1.54) is 0 Å². The van der Waals surface area contributed by atoms with E-state index in [4.69, 9.17) is 9.78 Å². The predicted molar refractivity (Wildman–Crippen MR) is 127 cm³/mol. The first kappa shape index (κ1) is 21.6. The molecule has 0 radical (unpaired) electrons. The lowest BCUT2D eigenvalue weighted by atomic mass is 10.0. The van der Waals surface area contributed by atoms with Gasteiger partial charge >= 0.3 is 12.0 Å². The number of hydrogen-bond acceptors (Lipinski definition) is 4. The van der Waals surface area contributed by atoms with Crippen LogP contribution in [0.5, 0.6) is 5.75 Å². The molecule has 2 amide bonds. The van der Waals surface area contributed by atoms with Crippen LogP contribution in [-0.4, -0.2) is 12.0 Å². The van der Waals surface area contributed by atoms with E-state index in [0.717, 1.165) is 11.1 Å². The standard InChI is InChI=1S/C27H22N2O4/c30-26(21-12-6-2-7-13-21)33-32-25-17-16-24(19-22(25)18-20-10-4-1-5-11-20)29-27(31)28-23-14-8-3-9-15-23/h1-17,19H,18H2,(H2,28,29,31). The Morgan fingerprint density at radius 2 is 1.27 bits per heavy atom. The molecule has 6 nitrogen and oxygen atoms in total. The number of nitrogens with one attached hydrogen (secondary N) is 2. The quantitative estimate of drug-likeness (QED) is 0.271. The number of hydrogen-bond donors (Lipinski definition) is 2. The van der Waals surface area contributed by atoms with Crippen molar-refractivity contribution in [1.29, 1.82) is 0 Å². The van der Waals surface area contributed by atoms with Gasteiger partial charge in [-0.05, 0) is 48.0 Å². The molecule has 4 rings (SSSR count). The summed E-state index contributed by atoms with van der Waals surface area (Å²) >= 11 is 0. The molecular formula is C27H22N2O4. The second-order valence-corrected chi connectivity index (χ2v) is 7.25. The Kier molecular flexibility index (Phi) is 6.98. The lowest BCUT2D eigenvalue weighted by Crippen LogP contribution is -2.19. The monoisotopic (exact) mass is 438 g/mol. The number of benzene rings is 4. The molecule has 0 unspecified atom stereocenters. The Morgan fingerprint density at radius 1 is 0.667 bits per heavy atom. The van der Waals surface area contributed by atoms with Crippen LogP contribution >= 0.6 is 0 Å². The number of anilines is 2. The van der Waals surface area contributed by atoms with Crippen LogP contribution in [0.3, 0.4) is 0 Å². The number of carbonyl (C=O) groups is 2. The molecular weight excluding hydrogens is 416 g/mol. The molecule has 0 heterocycles. The second kappa shape index (κ2) is 10.6. The molecule has 164 valence electrons. The summed E-state index contributed by atoms with van der Waals surface area (Å²) in [6.07, 6.45) is 0.523. The van der Waals surface area contributed by atoms with E-state index in [1.54, 1.807) is 54.6 Å². The maximum atomic E-state index is 12.4. The van der Waals surface area contributed by atoms with E-state index >= 15 is 0 Å². The van der Waals surface area contributed by atoms with Gasteiger partial charge < -0.3 is 10.6 Å². The van der Waals surface area contributed by atoms with Gasteiger partial charge in [0.2, 0.25) is 0 Å². The molecule has 4 aromatic carbocycles. The van der Waals surface area contributed by atoms with E-state index in [2.05, 4.69) is 10.6 Å². The van der Waals surface area contributed by atoms with Crippen LogP contribution in [0.25, 0.3) is 0 Å². The molecule has 6 heteroatoms. The first-order valence-corrected chi connectivity index (χ1v) is 10.4. The minimum atomic E-state index is -0.592. The Hall–Kier alpha value is -4.58. The second-order valence-electron chi connectivity index (χ2n) is 7.25. The van der Waals surface area contributed by atoms with Crippen molar-refractivity contribution in [1.82, 2.24) is 0 Å². The highest BCUT2D eigenvalue weighted by atomic mass is 17.2. The van der Waals surface area contributed by atoms with Crippen molar-refractivity contribution in [3.05, 3.63) is 126 Å². The molecule has 0 aromatic heterocycles. The zero-order valence-corrected chi connectivity index (χ0v) is 17.7.